The third-order valence-corrected chi connectivity index (χ3v) is 3.64. The highest BCUT2D eigenvalue weighted by Gasteiger charge is 2.30. The first kappa shape index (κ1) is 12.3. The molecule has 19 heavy (non-hydrogen) atoms. The van der Waals surface area contributed by atoms with Crippen molar-refractivity contribution in [1.82, 2.24) is 9.97 Å². The molecule has 1 unspecified atom stereocenters. The van der Waals surface area contributed by atoms with Crippen molar-refractivity contribution in [3.05, 3.63) is 42.6 Å². The first-order chi connectivity index (χ1) is 9.24. The molecule has 1 saturated heterocycles. The standard InChI is InChI=1S/C14H12BrN3O/c15-11-8-13(19)18(9-11)14-16-7-6-12(17-14)10-4-2-1-3-5-10/h1-7,11H,8-9H2. The van der Waals surface area contributed by atoms with Crippen LogP contribution in [0.5, 0.6) is 0 Å². The van der Waals surface area contributed by atoms with Crippen molar-refractivity contribution >= 4 is 27.8 Å². The van der Waals surface area contributed by atoms with Crippen LogP contribution in [0.3, 0.4) is 0 Å². The molecule has 0 bridgehead atoms. The van der Waals surface area contributed by atoms with Gasteiger partial charge >= 0.3 is 0 Å². The van der Waals surface area contributed by atoms with Gasteiger partial charge in [-0.05, 0) is 6.07 Å². The molecule has 3 rings (SSSR count). The fourth-order valence-corrected chi connectivity index (χ4v) is 2.67. The molecule has 96 valence electrons. The van der Waals surface area contributed by atoms with Crippen molar-refractivity contribution in [1.29, 1.82) is 0 Å². The predicted molar refractivity (Wildman–Crippen MR) is 77.2 cm³/mol. The number of halogens is 1. The number of carbonyl (C=O) groups excluding carboxylic acids is 1. The maximum absolute atomic E-state index is 11.8. The Hall–Kier alpha value is -1.75. The van der Waals surface area contributed by atoms with Crippen LogP contribution < -0.4 is 4.90 Å². The van der Waals surface area contributed by atoms with E-state index < -0.39 is 0 Å². The van der Waals surface area contributed by atoms with E-state index in [1.807, 2.05) is 36.4 Å². The van der Waals surface area contributed by atoms with Crippen LogP contribution in [-0.4, -0.2) is 27.2 Å². The molecule has 5 heteroatoms. The van der Waals surface area contributed by atoms with E-state index in [-0.39, 0.29) is 10.7 Å². The number of alkyl halides is 1. The molecular weight excluding hydrogens is 306 g/mol. The Morgan fingerprint density at radius 3 is 2.68 bits per heavy atom. The van der Waals surface area contributed by atoms with Gasteiger partial charge in [0.1, 0.15) is 0 Å². The fourth-order valence-electron chi connectivity index (χ4n) is 2.11. The number of rotatable bonds is 2. The zero-order chi connectivity index (χ0) is 13.2. The van der Waals surface area contributed by atoms with E-state index in [0.717, 1.165) is 11.3 Å². The number of nitrogens with zero attached hydrogens (tertiary/aromatic N) is 3. The number of hydrogen-bond donors (Lipinski definition) is 0. The van der Waals surface area contributed by atoms with Gasteiger partial charge in [0.2, 0.25) is 11.9 Å². The zero-order valence-corrected chi connectivity index (χ0v) is 11.7. The summed E-state index contributed by atoms with van der Waals surface area (Å²) in [4.78, 5) is 22.4. The molecule has 1 amide bonds. The first-order valence-corrected chi connectivity index (χ1v) is 6.98. The second-order valence-corrected chi connectivity index (χ2v) is 5.71. The van der Waals surface area contributed by atoms with Crippen LogP contribution in [-0.2, 0) is 4.79 Å². The smallest absolute Gasteiger partial charge is 0.232 e. The fraction of sp³-hybridized carbons (Fsp3) is 0.214. The average Bonchev–Trinajstić information content (AvgIpc) is 2.79. The van der Waals surface area contributed by atoms with Gasteiger partial charge in [-0.15, -0.1) is 0 Å². The highest BCUT2D eigenvalue weighted by atomic mass is 79.9. The SMILES string of the molecule is O=C1CC(Br)CN1c1nccc(-c2ccccc2)n1. The molecule has 2 aromatic rings. The Labute approximate surface area is 119 Å². The molecule has 0 N–H and O–H groups in total. The van der Waals surface area contributed by atoms with Crippen LogP contribution in [0.4, 0.5) is 5.95 Å². The number of carbonyl (C=O) groups is 1. The molecule has 1 atom stereocenters. The summed E-state index contributed by atoms with van der Waals surface area (Å²) in [6.07, 6.45) is 2.19. The van der Waals surface area contributed by atoms with Gasteiger partial charge in [-0.3, -0.25) is 9.69 Å². The molecule has 1 aliphatic rings. The van der Waals surface area contributed by atoms with Crippen molar-refractivity contribution in [2.24, 2.45) is 0 Å². The molecule has 4 nitrogen and oxygen atoms in total. The molecule has 0 radical (unpaired) electrons. The van der Waals surface area contributed by atoms with E-state index in [4.69, 9.17) is 0 Å². The van der Waals surface area contributed by atoms with Crippen molar-refractivity contribution in [2.45, 2.75) is 11.2 Å². The second-order valence-electron chi connectivity index (χ2n) is 4.41. The van der Waals surface area contributed by atoms with Crippen molar-refractivity contribution in [3.63, 3.8) is 0 Å². The molecule has 0 spiro atoms. The number of hydrogen-bond acceptors (Lipinski definition) is 3. The predicted octanol–water partition coefficient (Wildman–Crippen LogP) is 2.64. The van der Waals surface area contributed by atoms with Crippen LogP contribution in [0, 0.1) is 0 Å². The molecule has 0 aliphatic carbocycles. The topological polar surface area (TPSA) is 46.1 Å². The molecule has 0 saturated carbocycles. The van der Waals surface area contributed by atoms with Gasteiger partial charge in [0, 0.05) is 29.6 Å². The van der Waals surface area contributed by atoms with Crippen molar-refractivity contribution in [2.75, 3.05) is 11.4 Å². The summed E-state index contributed by atoms with van der Waals surface area (Å²) in [5, 5.41) is 0. The lowest BCUT2D eigenvalue weighted by molar-refractivity contribution is -0.117. The van der Waals surface area contributed by atoms with Gasteiger partial charge in [0.05, 0.1) is 5.69 Å². The summed E-state index contributed by atoms with van der Waals surface area (Å²) in [7, 11) is 0. The largest absolute Gasteiger partial charge is 0.280 e. The zero-order valence-electron chi connectivity index (χ0n) is 10.2. The van der Waals surface area contributed by atoms with Gasteiger partial charge in [-0.25, -0.2) is 9.97 Å². The van der Waals surface area contributed by atoms with Crippen molar-refractivity contribution < 1.29 is 4.79 Å². The van der Waals surface area contributed by atoms with E-state index in [9.17, 15) is 4.79 Å². The maximum atomic E-state index is 11.8. The Morgan fingerprint density at radius 2 is 2.00 bits per heavy atom. The molecule has 1 aromatic carbocycles. The minimum atomic E-state index is 0.0621. The Morgan fingerprint density at radius 1 is 1.21 bits per heavy atom. The number of benzene rings is 1. The van der Waals surface area contributed by atoms with Crippen molar-refractivity contribution in [3.8, 4) is 11.3 Å². The van der Waals surface area contributed by atoms with E-state index in [2.05, 4.69) is 25.9 Å². The van der Waals surface area contributed by atoms with Crippen LogP contribution in [0.1, 0.15) is 6.42 Å². The van der Waals surface area contributed by atoms with E-state index in [0.29, 0.717) is 18.9 Å². The summed E-state index contributed by atoms with van der Waals surface area (Å²) in [6, 6.07) is 11.7. The third kappa shape index (κ3) is 2.51. The molecule has 1 aliphatic heterocycles. The van der Waals surface area contributed by atoms with Crippen LogP contribution >= 0.6 is 15.9 Å². The molecule has 2 heterocycles. The Kier molecular flexibility index (Phi) is 3.29. The van der Waals surface area contributed by atoms with Gasteiger partial charge in [-0.2, -0.15) is 0 Å². The minimum absolute atomic E-state index is 0.0621. The molecule has 1 fully saturated rings. The van der Waals surface area contributed by atoms with Gasteiger partial charge in [0.25, 0.3) is 0 Å². The average molecular weight is 318 g/mol. The van der Waals surface area contributed by atoms with Crippen LogP contribution in [0.2, 0.25) is 0 Å². The maximum Gasteiger partial charge on any atom is 0.232 e. The second kappa shape index (κ2) is 5.09. The number of anilines is 1. The normalized spacial score (nSPS) is 18.9. The summed E-state index contributed by atoms with van der Waals surface area (Å²) in [6.45, 7) is 0.622. The van der Waals surface area contributed by atoms with Crippen LogP contribution in [0.15, 0.2) is 42.6 Å². The van der Waals surface area contributed by atoms with Crippen LogP contribution in [0.25, 0.3) is 11.3 Å². The lowest BCUT2D eigenvalue weighted by Gasteiger charge is -2.14. The van der Waals surface area contributed by atoms with Gasteiger partial charge in [0.15, 0.2) is 0 Å². The third-order valence-electron chi connectivity index (χ3n) is 3.03. The van der Waals surface area contributed by atoms with Gasteiger partial charge in [-0.1, -0.05) is 46.3 Å². The summed E-state index contributed by atoms with van der Waals surface area (Å²) in [5.41, 5.74) is 1.85. The Bertz CT molecular complexity index is 603. The quantitative estimate of drug-likeness (QED) is 0.800. The Balaban J connectivity index is 1.95. The lowest BCUT2D eigenvalue weighted by Crippen LogP contribution is -2.26. The minimum Gasteiger partial charge on any atom is -0.280 e. The number of aromatic nitrogens is 2. The monoisotopic (exact) mass is 317 g/mol. The van der Waals surface area contributed by atoms with E-state index in [1.165, 1.54) is 0 Å². The highest BCUT2D eigenvalue weighted by Crippen LogP contribution is 2.24. The van der Waals surface area contributed by atoms with E-state index >= 15 is 0 Å². The number of amides is 1. The summed E-state index contributed by atoms with van der Waals surface area (Å²) >= 11 is 3.46. The summed E-state index contributed by atoms with van der Waals surface area (Å²) in [5.74, 6) is 0.542. The summed E-state index contributed by atoms with van der Waals surface area (Å²) < 4.78 is 0. The first-order valence-electron chi connectivity index (χ1n) is 6.07. The van der Waals surface area contributed by atoms with Gasteiger partial charge < -0.3 is 0 Å². The highest BCUT2D eigenvalue weighted by molar-refractivity contribution is 9.09. The lowest BCUT2D eigenvalue weighted by atomic mass is 10.1. The molecular formula is C14H12BrN3O. The van der Waals surface area contributed by atoms with E-state index in [1.54, 1.807) is 11.1 Å². The molecule has 1 aromatic heterocycles.